The van der Waals surface area contributed by atoms with Crippen LogP contribution >= 0.6 is 11.6 Å². The van der Waals surface area contributed by atoms with E-state index in [0.717, 1.165) is 40.6 Å². The van der Waals surface area contributed by atoms with Crippen molar-refractivity contribution in [3.05, 3.63) is 70.7 Å². The van der Waals surface area contributed by atoms with Crippen LogP contribution in [0.15, 0.2) is 49.0 Å². The van der Waals surface area contributed by atoms with Crippen molar-refractivity contribution in [2.45, 2.75) is 26.3 Å². The molecule has 2 amide bonds. The SMILES string of the molecule is Cc1ccc2c(c(Cl)cn2-c2cc(CNC(=O)C3CC3)ccc2C(N)=O)c1N1NC=CO1. The maximum absolute atomic E-state index is 12.2. The van der Waals surface area contributed by atoms with Crippen molar-refractivity contribution in [2.24, 2.45) is 11.7 Å². The van der Waals surface area contributed by atoms with Crippen LogP contribution in [0.1, 0.15) is 34.3 Å². The molecule has 0 atom stereocenters. The van der Waals surface area contributed by atoms with Crippen molar-refractivity contribution in [1.29, 1.82) is 0 Å². The predicted molar refractivity (Wildman–Crippen MR) is 122 cm³/mol. The Bertz CT molecular complexity index is 1270. The highest BCUT2D eigenvalue weighted by atomic mass is 35.5. The van der Waals surface area contributed by atoms with Crippen LogP contribution in [-0.2, 0) is 16.2 Å². The van der Waals surface area contributed by atoms with Crippen molar-refractivity contribution < 1.29 is 14.4 Å². The number of amides is 2. The zero-order valence-electron chi connectivity index (χ0n) is 17.4. The van der Waals surface area contributed by atoms with Gasteiger partial charge in [-0.2, -0.15) is 0 Å². The van der Waals surface area contributed by atoms with Crippen LogP contribution in [0.3, 0.4) is 0 Å². The van der Waals surface area contributed by atoms with Gasteiger partial charge in [-0.1, -0.05) is 23.7 Å². The summed E-state index contributed by atoms with van der Waals surface area (Å²) in [7, 11) is 0. The van der Waals surface area contributed by atoms with Gasteiger partial charge in [0.2, 0.25) is 5.91 Å². The molecule has 3 aromatic rings. The molecule has 1 aliphatic carbocycles. The number of nitrogens with zero attached hydrogens (tertiary/aromatic N) is 2. The standard InChI is InChI=1S/C23H22ClN5O3/c1-13-2-7-18-20(21(13)29-27-8-9-32-29)17(24)12-28(18)19-10-14(3-6-16(19)22(25)30)11-26-23(31)15-4-5-15/h2-3,6-10,12,15,27H,4-5,11H2,1H3,(H2,25,30)(H,26,31). The molecule has 9 heteroatoms. The number of aromatic nitrogens is 1. The van der Waals surface area contributed by atoms with Gasteiger partial charge >= 0.3 is 0 Å². The number of benzene rings is 2. The normalized spacial score (nSPS) is 15.0. The summed E-state index contributed by atoms with van der Waals surface area (Å²) in [6.07, 6.45) is 6.85. The number of fused-ring (bicyclic) bond motifs is 1. The van der Waals surface area contributed by atoms with E-state index in [9.17, 15) is 9.59 Å². The highest BCUT2D eigenvalue weighted by Gasteiger charge is 2.29. The Morgan fingerprint density at radius 3 is 2.78 bits per heavy atom. The molecule has 2 aliphatic rings. The molecule has 32 heavy (non-hydrogen) atoms. The number of hydrazine groups is 1. The average molecular weight is 452 g/mol. The Balaban J connectivity index is 1.60. The number of carbonyl (C=O) groups is 2. The van der Waals surface area contributed by atoms with E-state index in [1.54, 1.807) is 24.5 Å². The number of halogens is 1. The Morgan fingerprint density at radius 1 is 1.28 bits per heavy atom. The number of carbonyl (C=O) groups excluding carboxylic acids is 2. The van der Waals surface area contributed by atoms with Crippen LogP contribution in [0.25, 0.3) is 16.6 Å². The smallest absolute Gasteiger partial charge is 0.250 e. The summed E-state index contributed by atoms with van der Waals surface area (Å²) in [6, 6.07) is 9.23. The lowest BCUT2D eigenvalue weighted by molar-refractivity contribution is -0.122. The Kier molecular flexibility index (Phi) is 4.94. The van der Waals surface area contributed by atoms with Gasteiger partial charge in [0.1, 0.15) is 11.9 Å². The minimum absolute atomic E-state index is 0.0619. The van der Waals surface area contributed by atoms with Crippen LogP contribution in [0.5, 0.6) is 0 Å². The summed E-state index contributed by atoms with van der Waals surface area (Å²) < 4.78 is 1.84. The molecule has 0 saturated heterocycles. The second kappa shape index (κ2) is 7.80. The van der Waals surface area contributed by atoms with Crippen LogP contribution in [0.4, 0.5) is 5.69 Å². The first-order chi connectivity index (χ1) is 15.4. The molecule has 0 bridgehead atoms. The topological polar surface area (TPSA) is 102 Å². The molecule has 1 saturated carbocycles. The summed E-state index contributed by atoms with van der Waals surface area (Å²) in [6.45, 7) is 2.33. The summed E-state index contributed by atoms with van der Waals surface area (Å²) in [5.74, 6) is -0.358. The van der Waals surface area contributed by atoms with Gasteiger partial charge in [-0.15, -0.1) is 5.17 Å². The summed E-state index contributed by atoms with van der Waals surface area (Å²) in [4.78, 5) is 29.8. The quantitative estimate of drug-likeness (QED) is 0.533. The van der Waals surface area contributed by atoms with Crippen molar-refractivity contribution in [3.63, 3.8) is 0 Å². The van der Waals surface area contributed by atoms with E-state index in [-0.39, 0.29) is 11.8 Å². The third-order valence-corrected chi connectivity index (χ3v) is 6.02. The van der Waals surface area contributed by atoms with Crippen LogP contribution in [0.2, 0.25) is 5.02 Å². The average Bonchev–Trinajstić information content (AvgIpc) is 3.39. The fourth-order valence-electron chi connectivity index (χ4n) is 3.94. The second-order valence-corrected chi connectivity index (χ2v) is 8.42. The van der Waals surface area contributed by atoms with E-state index in [4.69, 9.17) is 22.2 Å². The van der Waals surface area contributed by atoms with E-state index >= 15 is 0 Å². The van der Waals surface area contributed by atoms with E-state index in [2.05, 4.69) is 10.7 Å². The maximum atomic E-state index is 12.2. The number of nitrogens with one attached hydrogen (secondary N) is 2. The van der Waals surface area contributed by atoms with Gasteiger partial charge in [-0.25, -0.2) is 0 Å². The zero-order chi connectivity index (χ0) is 22.4. The number of primary amides is 1. The number of rotatable bonds is 6. The van der Waals surface area contributed by atoms with E-state index in [1.165, 1.54) is 11.4 Å². The largest absolute Gasteiger partial charge is 0.366 e. The number of aryl methyl sites for hydroxylation is 1. The fraction of sp³-hybridized carbons (Fsp3) is 0.217. The number of hydrogen-bond donors (Lipinski definition) is 3. The molecule has 5 rings (SSSR count). The van der Waals surface area contributed by atoms with Crippen molar-refractivity contribution in [2.75, 3.05) is 5.17 Å². The third kappa shape index (κ3) is 3.52. The lowest BCUT2D eigenvalue weighted by Crippen LogP contribution is -2.28. The number of anilines is 1. The molecule has 1 aliphatic heterocycles. The first kappa shape index (κ1) is 20.3. The Labute approximate surface area is 189 Å². The molecule has 4 N–H and O–H groups in total. The Morgan fingerprint density at radius 2 is 2.09 bits per heavy atom. The Hall–Kier alpha value is -3.65. The zero-order valence-corrected chi connectivity index (χ0v) is 18.1. The van der Waals surface area contributed by atoms with Crippen LogP contribution in [0, 0.1) is 12.8 Å². The van der Waals surface area contributed by atoms with Crippen LogP contribution < -0.4 is 21.6 Å². The molecule has 8 nitrogen and oxygen atoms in total. The maximum Gasteiger partial charge on any atom is 0.250 e. The molecule has 0 unspecified atom stereocenters. The van der Waals surface area contributed by atoms with Crippen LogP contribution in [-0.4, -0.2) is 16.4 Å². The first-order valence-electron chi connectivity index (χ1n) is 10.3. The van der Waals surface area contributed by atoms with Gasteiger partial charge in [0, 0.05) is 24.0 Å². The summed E-state index contributed by atoms with van der Waals surface area (Å²) in [5.41, 5.74) is 13.0. The van der Waals surface area contributed by atoms with Crippen molar-refractivity contribution in [3.8, 4) is 5.69 Å². The third-order valence-electron chi connectivity index (χ3n) is 5.73. The molecule has 2 heterocycles. The van der Waals surface area contributed by atoms with Gasteiger partial charge in [0.25, 0.3) is 5.91 Å². The van der Waals surface area contributed by atoms with E-state index < -0.39 is 5.91 Å². The number of hydrogen-bond acceptors (Lipinski definition) is 5. The summed E-state index contributed by atoms with van der Waals surface area (Å²) >= 11 is 6.67. The van der Waals surface area contributed by atoms with Gasteiger partial charge in [-0.3, -0.25) is 15.0 Å². The molecule has 1 aromatic heterocycles. The minimum Gasteiger partial charge on any atom is -0.366 e. The predicted octanol–water partition coefficient (Wildman–Crippen LogP) is 3.44. The molecule has 0 radical (unpaired) electrons. The van der Waals surface area contributed by atoms with Gasteiger partial charge in [-0.05, 0) is 49.1 Å². The van der Waals surface area contributed by atoms with E-state index in [1.807, 2.05) is 29.7 Å². The second-order valence-electron chi connectivity index (χ2n) is 8.01. The number of nitrogens with two attached hydrogens (primary N) is 1. The minimum atomic E-state index is -0.549. The molecule has 0 spiro atoms. The van der Waals surface area contributed by atoms with Crippen molar-refractivity contribution >= 4 is 40.0 Å². The molecule has 164 valence electrons. The highest BCUT2D eigenvalue weighted by Crippen LogP contribution is 2.39. The lowest BCUT2D eigenvalue weighted by atomic mass is 10.1. The molecule has 2 aromatic carbocycles. The summed E-state index contributed by atoms with van der Waals surface area (Å²) in [5, 5.41) is 5.76. The molecule has 1 fully saturated rings. The molecular formula is C23H22ClN5O3. The monoisotopic (exact) mass is 451 g/mol. The fourth-order valence-corrected chi connectivity index (χ4v) is 4.22. The highest BCUT2D eigenvalue weighted by molar-refractivity contribution is 6.37. The van der Waals surface area contributed by atoms with Gasteiger partial charge in [0.15, 0.2) is 0 Å². The molecular weight excluding hydrogens is 430 g/mol. The lowest BCUT2D eigenvalue weighted by Gasteiger charge is -2.20. The van der Waals surface area contributed by atoms with Crippen molar-refractivity contribution in [1.82, 2.24) is 15.3 Å². The van der Waals surface area contributed by atoms with Gasteiger partial charge in [0.05, 0.1) is 28.0 Å². The van der Waals surface area contributed by atoms with Gasteiger partial charge < -0.3 is 20.5 Å². The first-order valence-corrected chi connectivity index (χ1v) is 10.7. The van der Waals surface area contributed by atoms with E-state index in [0.29, 0.717) is 22.8 Å².